The van der Waals surface area contributed by atoms with Crippen molar-refractivity contribution in [2.75, 3.05) is 18.0 Å². The summed E-state index contributed by atoms with van der Waals surface area (Å²) in [6.45, 7) is 4.97. The molecule has 166 valence electrons. The van der Waals surface area contributed by atoms with Gasteiger partial charge in [-0.15, -0.1) is 0 Å². The van der Waals surface area contributed by atoms with Crippen LogP contribution in [0.5, 0.6) is 0 Å². The average molecular weight is 440 g/mol. The molecule has 1 N–H and O–H groups in total. The van der Waals surface area contributed by atoms with E-state index >= 15 is 0 Å². The Kier molecular flexibility index (Phi) is 5.78. The number of alkyl halides is 3. The molecule has 5 nitrogen and oxygen atoms in total. The molecule has 0 spiro atoms. The highest BCUT2D eigenvalue weighted by Gasteiger charge is 2.34. The van der Waals surface area contributed by atoms with Crippen LogP contribution in [0.4, 0.5) is 18.9 Å². The van der Waals surface area contributed by atoms with Crippen molar-refractivity contribution in [3.8, 4) is 5.69 Å². The van der Waals surface area contributed by atoms with Gasteiger partial charge in [0.2, 0.25) is 0 Å². The topological polar surface area (TPSA) is 50.2 Å². The standard InChI is InChI=1S/C24H23F3N4O/c1-16-13-17(2)31(29-16)21-10-7-19(22(14-21)24(25,26)27)15-28-23(32)18-5-8-20(9-6-18)30-11-3-4-12-30/h3-10,13-14H,11-12,15H2,1-2H3,(H,28,32). The fraction of sp³-hybridized carbons (Fsp3) is 0.250. The molecule has 8 heteroatoms. The molecule has 1 amide bonds. The quantitative estimate of drug-likeness (QED) is 0.579. The largest absolute Gasteiger partial charge is 0.416 e. The summed E-state index contributed by atoms with van der Waals surface area (Å²) >= 11 is 0. The van der Waals surface area contributed by atoms with Gasteiger partial charge in [-0.05, 0) is 61.9 Å². The van der Waals surface area contributed by atoms with Gasteiger partial charge < -0.3 is 10.2 Å². The van der Waals surface area contributed by atoms with Gasteiger partial charge in [-0.3, -0.25) is 4.79 Å². The Hall–Kier alpha value is -3.55. The van der Waals surface area contributed by atoms with Gasteiger partial charge in [-0.25, -0.2) is 4.68 Å². The molecule has 1 aromatic heterocycles. The maximum atomic E-state index is 13.7. The first-order valence-corrected chi connectivity index (χ1v) is 10.2. The van der Waals surface area contributed by atoms with Gasteiger partial charge in [0.25, 0.3) is 5.91 Å². The molecule has 1 aliphatic heterocycles. The van der Waals surface area contributed by atoms with Crippen LogP contribution < -0.4 is 10.2 Å². The van der Waals surface area contributed by atoms with E-state index in [1.54, 1.807) is 38.1 Å². The summed E-state index contributed by atoms with van der Waals surface area (Å²) < 4.78 is 42.7. The van der Waals surface area contributed by atoms with Crippen LogP contribution in [0, 0.1) is 13.8 Å². The molecular weight excluding hydrogens is 417 g/mol. The summed E-state index contributed by atoms with van der Waals surface area (Å²) in [5.74, 6) is -0.424. The molecule has 0 saturated heterocycles. The molecule has 4 rings (SSSR count). The third kappa shape index (κ3) is 4.54. The van der Waals surface area contributed by atoms with Crippen molar-refractivity contribution >= 4 is 11.6 Å². The first-order valence-electron chi connectivity index (χ1n) is 10.2. The highest BCUT2D eigenvalue weighted by Crippen LogP contribution is 2.33. The lowest BCUT2D eigenvalue weighted by Gasteiger charge is -2.18. The zero-order valence-electron chi connectivity index (χ0n) is 17.8. The van der Waals surface area contributed by atoms with Crippen molar-refractivity contribution in [3.63, 3.8) is 0 Å². The molecule has 2 aromatic carbocycles. The normalized spacial score (nSPS) is 13.6. The van der Waals surface area contributed by atoms with Crippen molar-refractivity contribution in [1.29, 1.82) is 0 Å². The van der Waals surface area contributed by atoms with Crippen molar-refractivity contribution in [2.24, 2.45) is 0 Å². The van der Waals surface area contributed by atoms with Gasteiger partial charge in [-0.2, -0.15) is 18.3 Å². The summed E-state index contributed by atoms with van der Waals surface area (Å²) in [5.41, 5.74) is 2.38. The summed E-state index contributed by atoms with van der Waals surface area (Å²) in [6, 6.07) is 12.9. The number of nitrogens with zero attached hydrogens (tertiary/aromatic N) is 3. The second-order valence-corrected chi connectivity index (χ2v) is 7.78. The third-order valence-corrected chi connectivity index (χ3v) is 5.41. The predicted octanol–water partition coefficient (Wildman–Crippen LogP) is 4.81. The predicted molar refractivity (Wildman–Crippen MR) is 117 cm³/mol. The molecule has 1 aliphatic rings. The molecule has 0 saturated carbocycles. The van der Waals surface area contributed by atoms with E-state index in [4.69, 9.17) is 0 Å². The Morgan fingerprint density at radius 2 is 1.66 bits per heavy atom. The van der Waals surface area contributed by atoms with Crippen LogP contribution in [0.15, 0.2) is 60.7 Å². The SMILES string of the molecule is Cc1cc(C)n(-c2ccc(CNC(=O)c3ccc(N4CC=CC4)cc3)c(C(F)(F)F)c2)n1. The molecule has 0 atom stereocenters. The van der Waals surface area contributed by atoms with Crippen LogP contribution in [0.1, 0.15) is 32.9 Å². The lowest BCUT2D eigenvalue weighted by atomic mass is 10.1. The number of nitrogens with one attached hydrogen (secondary N) is 1. The number of hydrogen-bond donors (Lipinski definition) is 1. The highest BCUT2D eigenvalue weighted by atomic mass is 19.4. The number of aryl methyl sites for hydroxylation is 2. The minimum absolute atomic E-state index is 0.00380. The van der Waals surface area contributed by atoms with Gasteiger partial charge in [0.15, 0.2) is 0 Å². The monoisotopic (exact) mass is 440 g/mol. The van der Waals surface area contributed by atoms with Crippen LogP contribution in [0.25, 0.3) is 5.69 Å². The summed E-state index contributed by atoms with van der Waals surface area (Å²) in [6.07, 6.45) is -0.421. The Labute approximate surface area is 184 Å². The number of amides is 1. The zero-order chi connectivity index (χ0) is 22.9. The molecular formula is C24H23F3N4O. The van der Waals surface area contributed by atoms with E-state index in [0.717, 1.165) is 36.2 Å². The minimum Gasteiger partial charge on any atom is -0.364 e. The average Bonchev–Trinajstić information content (AvgIpc) is 3.41. The fourth-order valence-corrected chi connectivity index (χ4v) is 3.79. The number of aromatic nitrogens is 2. The summed E-state index contributed by atoms with van der Waals surface area (Å²) in [7, 11) is 0. The van der Waals surface area contributed by atoms with Crippen LogP contribution in [-0.4, -0.2) is 28.8 Å². The molecule has 32 heavy (non-hydrogen) atoms. The fourth-order valence-electron chi connectivity index (χ4n) is 3.79. The number of anilines is 1. The van der Waals surface area contributed by atoms with E-state index < -0.39 is 17.6 Å². The van der Waals surface area contributed by atoms with Crippen molar-refractivity contribution < 1.29 is 18.0 Å². The molecule has 3 aromatic rings. The number of carbonyl (C=O) groups excluding carboxylic acids is 1. The van der Waals surface area contributed by atoms with E-state index in [1.165, 1.54) is 10.7 Å². The number of halogens is 3. The van der Waals surface area contributed by atoms with Crippen molar-refractivity contribution in [2.45, 2.75) is 26.6 Å². The Morgan fingerprint density at radius 1 is 1.00 bits per heavy atom. The van der Waals surface area contributed by atoms with Crippen molar-refractivity contribution in [3.05, 3.63) is 88.8 Å². The first-order chi connectivity index (χ1) is 15.2. The third-order valence-electron chi connectivity index (χ3n) is 5.41. The van der Waals surface area contributed by atoms with E-state index in [1.807, 2.05) is 12.1 Å². The van der Waals surface area contributed by atoms with Gasteiger partial charge >= 0.3 is 6.18 Å². The second kappa shape index (κ2) is 8.53. The number of benzene rings is 2. The first kappa shape index (κ1) is 21.7. The van der Waals surface area contributed by atoms with Gasteiger partial charge in [-0.1, -0.05) is 18.2 Å². The van der Waals surface area contributed by atoms with E-state index in [-0.39, 0.29) is 12.1 Å². The number of rotatable bonds is 5. The highest BCUT2D eigenvalue weighted by molar-refractivity contribution is 5.94. The molecule has 0 unspecified atom stereocenters. The molecule has 2 heterocycles. The molecule has 0 bridgehead atoms. The lowest BCUT2D eigenvalue weighted by molar-refractivity contribution is -0.138. The summed E-state index contributed by atoms with van der Waals surface area (Å²) in [4.78, 5) is 14.7. The molecule has 0 fully saturated rings. The lowest BCUT2D eigenvalue weighted by Crippen LogP contribution is -2.25. The van der Waals surface area contributed by atoms with E-state index in [2.05, 4.69) is 27.5 Å². The number of carbonyl (C=O) groups is 1. The van der Waals surface area contributed by atoms with Gasteiger partial charge in [0.1, 0.15) is 0 Å². The van der Waals surface area contributed by atoms with Crippen LogP contribution >= 0.6 is 0 Å². The Balaban J connectivity index is 1.50. The second-order valence-electron chi connectivity index (χ2n) is 7.78. The van der Waals surface area contributed by atoms with Gasteiger partial charge in [0.05, 0.1) is 16.9 Å². The maximum Gasteiger partial charge on any atom is 0.416 e. The van der Waals surface area contributed by atoms with Crippen molar-refractivity contribution in [1.82, 2.24) is 15.1 Å². The Morgan fingerprint density at radius 3 is 2.25 bits per heavy atom. The molecule has 0 aliphatic carbocycles. The minimum atomic E-state index is -4.56. The van der Waals surface area contributed by atoms with Gasteiger partial charge in [0, 0.05) is 36.6 Å². The Bertz CT molecular complexity index is 1150. The van der Waals surface area contributed by atoms with Crippen LogP contribution in [0.2, 0.25) is 0 Å². The zero-order valence-corrected chi connectivity index (χ0v) is 17.8. The van der Waals surface area contributed by atoms with Crippen LogP contribution in [-0.2, 0) is 12.7 Å². The number of hydrogen-bond acceptors (Lipinski definition) is 3. The molecule has 0 radical (unpaired) electrons. The smallest absolute Gasteiger partial charge is 0.364 e. The van der Waals surface area contributed by atoms with E-state index in [9.17, 15) is 18.0 Å². The summed E-state index contributed by atoms with van der Waals surface area (Å²) in [5, 5.41) is 6.86. The maximum absolute atomic E-state index is 13.7. The van der Waals surface area contributed by atoms with E-state index in [0.29, 0.717) is 11.3 Å². The van der Waals surface area contributed by atoms with Crippen LogP contribution in [0.3, 0.4) is 0 Å².